The van der Waals surface area contributed by atoms with E-state index in [1.807, 2.05) is 18.2 Å². The number of hydrogen-bond acceptors (Lipinski definition) is 5. The van der Waals surface area contributed by atoms with E-state index in [1.165, 1.54) is 4.31 Å². The summed E-state index contributed by atoms with van der Waals surface area (Å²) in [5.74, 6) is 2.23. The molecular weight excluding hydrogens is 483 g/mol. The number of ether oxygens (including phenoxy) is 2. The van der Waals surface area contributed by atoms with Crippen LogP contribution in [0.5, 0.6) is 11.5 Å². The minimum absolute atomic E-state index is 0. The summed E-state index contributed by atoms with van der Waals surface area (Å²) in [5, 5.41) is 6.39. The topological polar surface area (TPSA) is 92.3 Å². The van der Waals surface area contributed by atoms with Gasteiger partial charge < -0.3 is 20.1 Å². The van der Waals surface area contributed by atoms with E-state index in [-0.39, 0.29) is 29.7 Å². The molecule has 27 heavy (non-hydrogen) atoms. The lowest BCUT2D eigenvalue weighted by Crippen LogP contribution is -2.38. The van der Waals surface area contributed by atoms with Crippen LogP contribution in [0.15, 0.2) is 23.2 Å². The van der Waals surface area contributed by atoms with E-state index in [4.69, 9.17) is 9.47 Å². The van der Waals surface area contributed by atoms with E-state index < -0.39 is 10.0 Å². The molecule has 0 heterocycles. The van der Waals surface area contributed by atoms with Crippen LogP contribution in [0.2, 0.25) is 0 Å². The van der Waals surface area contributed by atoms with Crippen molar-refractivity contribution < 1.29 is 17.9 Å². The molecule has 0 aromatic heterocycles. The molecule has 0 atom stereocenters. The Morgan fingerprint density at radius 3 is 2.48 bits per heavy atom. The van der Waals surface area contributed by atoms with Crippen molar-refractivity contribution in [3.63, 3.8) is 0 Å². The molecular formula is C17H31IN4O4S. The van der Waals surface area contributed by atoms with Gasteiger partial charge in [-0.2, -0.15) is 0 Å². The van der Waals surface area contributed by atoms with Gasteiger partial charge in [-0.3, -0.25) is 4.99 Å². The highest BCUT2D eigenvalue weighted by molar-refractivity contribution is 14.0. The summed E-state index contributed by atoms with van der Waals surface area (Å²) >= 11 is 0. The number of benzene rings is 1. The average molecular weight is 514 g/mol. The Morgan fingerprint density at radius 1 is 1.22 bits per heavy atom. The van der Waals surface area contributed by atoms with Gasteiger partial charge in [-0.15, -0.1) is 24.0 Å². The molecule has 0 bridgehead atoms. The third-order valence-electron chi connectivity index (χ3n) is 3.95. The average Bonchev–Trinajstić information content (AvgIpc) is 2.66. The van der Waals surface area contributed by atoms with Crippen molar-refractivity contribution in [3.8, 4) is 11.5 Å². The number of aliphatic imine (C=N–C) groups is 1. The third kappa shape index (κ3) is 8.52. The Morgan fingerprint density at radius 2 is 1.93 bits per heavy atom. The summed E-state index contributed by atoms with van der Waals surface area (Å²) in [6.07, 6.45) is 0.683. The van der Waals surface area contributed by atoms with Crippen molar-refractivity contribution in [2.24, 2.45) is 4.99 Å². The van der Waals surface area contributed by atoms with Gasteiger partial charge in [-0.1, -0.05) is 0 Å². The number of nitrogens with zero attached hydrogens (tertiary/aromatic N) is 2. The maximum Gasteiger partial charge on any atom is 0.213 e. The minimum atomic E-state index is -3.13. The van der Waals surface area contributed by atoms with Crippen molar-refractivity contribution in [2.75, 3.05) is 47.2 Å². The first-order valence-electron chi connectivity index (χ1n) is 8.47. The molecule has 10 heteroatoms. The fourth-order valence-electron chi connectivity index (χ4n) is 2.27. The molecule has 0 radical (unpaired) electrons. The zero-order chi connectivity index (χ0) is 19.6. The molecule has 8 nitrogen and oxygen atoms in total. The molecule has 0 fully saturated rings. The van der Waals surface area contributed by atoms with E-state index >= 15 is 0 Å². The highest BCUT2D eigenvalue weighted by atomic mass is 127. The van der Waals surface area contributed by atoms with E-state index in [1.54, 1.807) is 35.2 Å². The second-order valence-electron chi connectivity index (χ2n) is 5.61. The predicted molar refractivity (Wildman–Crippen MR) is 120 cm³/mol. The van der Waals surface area contributed by atoms with Crippen LogP contribution in [-0.2, 0) is 16.6 Å². The summed E-state index contributed by atoms with van der Waals surface area (Å²) in [4.78, 5) is 4.17. The van der Waals surface area contributed by atoms with Gasteiger partial charge in [0.05, 0.1) is 20.0 Å². The van der Waals surface area contributed by atoms with Crippen LogP contribution in [0.3, 0.4) is 0 Å². The van der Waals surface area contributed by atoms with Crippen LogP contribution >= 0.6 is 24.0 Å². The summed E-state index contributed by atoms with van der Waals surface area (Å²) in [7, 11) is 3.39. The number of guanidine groups is 1. The predicted octanol–water partition coefficient (Wildman–Crippen LogP) is 1.66. The van der Waals surface area contributed by atoms with Crippen molar-refractivity contribution in [3.05, 3.63) is 23.8 Å². The van der Waals surface area contributed by atoms with Crippen LogP contribution in [0.4, 0.5) is 0 Å². The first-order valence-corrected chi connectivity index (χ1v) is 10.1. The molecule has 0 aliphatic carbocycles. The Labute approximate surface area is 179 Å². The van der Waals surface area contributed by atoms with Gasteiger partial charge in [0.1, 0.15) is 11.5 Å². The molecule has 0 spiro atoms. The van der Waals surface area contributed by atoms with Crippen molar-refractivity contribution in [1.29, 1.82) is 0 Å². The molecule has 0 amide bonds. The first-order chi connectivity index (χ1) is 12.4. The van der Waals surface area contributed by atoms with Crippen molar-refractivity contribution in [1.82, 2.24) is 14.9 Å². The largest absolute Gasteiger partial charge is 0.497 e. The molecule has 1 aromatic carbocycles. The maximum atomic E-state index is 11.7. The summed E-state index contributed by atoms with van der Waals surface area (Å²) < 4.78 is 35.3. The normalized spacial score (nSPS) is 11.7. The minimum Gasteiger partial charge on any atom is -0.497 e. The molecule has 0 aliphatic heterocycles. The van der Waals surface area contributed by atoms with Crippen molar-refractivity contribution >= 4 is 40.0 Å². The Kier molecular flexibility index (Phi) is 12.4. The molecule has 2 N–H and O–H groups in total. The second kappa shape index (κ2) is 13.0. The standard InChI is InChI=1S/C17H30N4O4S.HI/c1-6-26(22,23)21(3)11-7-10-19-17(18-2)20-13-14-8-9-15(24-4)12-16(14)25-5;/h8-9,12H,6-7,10-11,13H2,1-5H3,(H2,18,19,20);1H. The Hall–Kier alpha value is -1.27. The Balaban J connectivity index is 0.00000676. The molecule has 1 aromatic rings. The monoisotopic (exact) mass is 514 g/mol. The second-order valence-corrected chi connectivity index (χ2v) is 7.97. The maximum absolute atomic E-state index is 11.7. The highest BCUT2D eigenvalue weighted by Crippen LogP contribution is 2.24. The Bertz CT molecular complexity index is 698. The third-order valence-corrected chi connectivity index (χ3v) is 5.81. The van der Waals surface area contributed by atoms with Gasteiger partial charge in [-0.05, 0) is 25.5 Å². The summed E-state index contributed by atoms with van der Waals surface area (Å²) in [6, 6.07) is 5.64. The lowest BCUT2D eigenvalue weighted by Gasteiger charge is -2.17. The van der Waals surface area contributed by atoms with Gasteiger partial charge in [0, 0.05) is 45.4 Å². The molecule has 156 valence electrons. The zero-order valence-electron chi connectivity index (χ0n) is 16.6. The number of halogens is 1. The molecule has 0 aliphatic rings. The molecule has 0 saturated carbocycles. The lowest BCUT2D eigenvalue weighted by molar-refractivity contribution is 0.390. The fraction of sp³-hybridized carbons (Fsp3) is 0.588. The van der Waals surface area contributed by atoms with Crippen molar-refractivity contribution in [2.45, 2.75) is 19.9 Å². The highest BCUT2D eigenvalue weighted by Gasteiger charge is 2.14. The van der Waals surface area contributed by atoms with Gasteiger partial charge in [0.2, 0.25) is 10.0 Å². The van der Waals surface area contributed by atoms with E-state index in [9.17, 15) is 8.42 Å². The van der Waals surface area contributed by atoms with Gasteiger partial charge in [0.25, 0.3) is 0 Å². The smallest absolute Gasteiger partial charge is 0.213 e. The molecule has 0 unspecified atom stereocenters. The lowest BCUT2D eigenvalue weighted by atomic mass is 10.2. The number of nitrogens with one attached hydrogen (secondary N) is 2. The number of methoxy groups -OCH3 is 2. The molecule has 1 rings (SSSR count). The van der Waals surface area contributed by atoms with Gasteiger partial charge >= 0.3 is 0 Å². The van der Waals surface area contributed by atoms with E-state index in [0.717, 1.165) is 17.1 Å². The van der Waals surface area contributed by atoms with Crippen LogP contribution in [0.25, 0.3) is 0 Å². The molecule has 0 saturated heterocycles. The SMILES string of the molecule is CCS(=O)(=O)N(C)CCCNC(=NC)NCc1ccc(OC)cc1OC.I. The van der Waals surface area contributed by atoms with Crippen LogP contribution in [0, 0.1) is 0 Å². The first kappa shape index (κ1) is 25.7. The number of sulfonamides is 1. The van der Waals surface area contributed by atoms with E-state index in [2.05, 4.69) is 15.6 Å². The number of hydrogen-bond donors (Lipinski definition) is 2. The zero-order valence-corrected chi connectivity index (χ0v) is 19.8. The summed E-state index contributed by atoms with van der Waals surface area (Å²) in [6.45, 7) is 3.26. The van der Waals surface area contributed by atoms with E-state index in [0.29, 0.717) is 32.0 Å². The van der Waals surface area contributed by atoms with Crippen LogP contribution in [0.1, 0.15) is 18.9 Å². The van der Waals surface area contributed by atoms with Crippen LogP contribution in [-0.4, -0.2) is 65.8 Å². The number of rotatable bonds is 10. The van der Waals surface area contributed by atoms with Gasteiger partial charge in [0.15, 0.2) is 5.96 Å². The van der Waals surface area contributed by atoms with Crippen LogP contribution < -0.4 is 20.1 Å². The van der Waals surface area contributed by atoms with Gasteiger partial charge in [-0.25, -0.2) is 12.7 Å². The summed E-state index contributed by atoms with van der Waals surface area (Å²) in [5.41, 5.74) is 0.977. The fourth-order valence-corrected chi connectivity index (χ4v) is 3.11. The quantitative estimate of drug-likeness (QED) is 0.214.